The first-order valence-electron chi connectivity index (χ1n) is 5.94. The van der Waals surface area contributed by atoms with E-state index in [2.05, 4.69) is 4.98 Å². The van der Waals surface area contributed by atoms with E-state index in [0.717, 1.165) is 0 Å². The Hall–Kier alpha value is -1.07. The van der Waals surface area contributed by atoms with Crippen molar-refractivity contribution in [2.24, 2.45) is 0 Å². The first kappa shape index (κ1) is 14.3. The largest absolute Gasteiger partial charge is 0.464 e. The van der Waals surface area contributed by atoms with Gasteiger partial charge in [0.2, 0.25) is 0 Å². The van der Waals surface area contributed by atoms with E-state index in [-0.39, 0.29) is 16.9 Å². The number of carbonyl (C=O) groups excluding carboxylic acids is 1. The molecule has 0 saturated carbocycles. The lowest BCUT2D eigenvalue weighted by molar-refractivity contribution is -0.147. The number of esters is 1. The standard InChI is InChI=1S/C12H14Cl2N2O3/c1-4-19-11(18)6-5-12(2,3)7-8(13)15-9(14)10(17)16(6)7/h6H,4-5H2,1-3H3/t6-/m0/s1. The van der Waals surface area contributed by atoms with E-state index in [1.165, 1.54) is 4.57 Å². The molecule has 7 heteroatoms. The van der Waals surface area contributed by atoms with Crippen LogP contribution in [-0.2, 0) is 14.9 Å². The average molecular weight is 305 g/mol. The van der Waals surface area contributed by atoms with Gasteiger partial charge in [0, 0.05) is 5.41 Å². The molecule has 0 saturated heterocycles. The van der Waals surface area contributed by atoms with Crippen LogP contribution in [0.2, 0.25) is 10.3 Å². The Bertz CT molecular complexity index is 595. The zero-order valence-corrected chi connectivity index (χ0v) is 12.4. The van der Waals surface area contributed by atoms with Crippen molar-refractivity contribution >= 4 is 29.2 Å². The zero-order chi connectivity index (χ0) is 14.4. The minimum atomic E-state index is -0.699. The molecule has 5 nitrogen and oxygen atoms in total. The third-order valence-electron chi connectivity index (χ3n) is 3.24. The van der Waals surface area contributed by atoms with Gasteiger partial charge in [-0.15, -0.1) is 0 Å². The van der Waals surface area contributed by atoms with Gasteiger partial charge < -0.3 is 4.74 Å². The number of hydrogen-bond donors (Lipinski definition) is 0. The smallest absolute Gasteiger partial charge is 0.329 e. The monoisotopic (exact) mass is 304 g/mol. The van der Waals surface area contributed by atoms with Crippen LogP contribution in [0.15, 0.2) is 4.79 Å². The lowest BCUT2D eigenvalue weighted by atomic mass is 9.87. The van der Waals surface area contributed by atoms with E-state index in [1.807, 2.05) is 13.8 Å². The van der Waals surface area contributed by atoms with Gasteiger partial charge in [-0.05, 0) is 13.3 Å². The van der Waals surface area contributed by atoms with Gasteiger partial charge in [0.15, 0.2) is 10.3 Å². The van der Waals surface area contributed by atoms with Gasteiger partial charge in [0.1, 0.15) is 6.04 Å². The highest BCUT2D eigenvalue weighted by molar-refractivity contribution is 6.32. The number of rotatable bonds is 2. The molecule has 0 amide bonds. The second-order valence-electron chi connectivity index (χ2n) is 5.07. The summed E-state index contributed by atoms with van der Waals surface area (Å²) in [5.74, 6) is -0.449. The van der Waals surface area contributed by atoms with Crippen LogP contribution in [0.1, 0.15) is 38.9 Å². The normalized spacial score (nSPS) is 20.2. The maximum absolute atomic E-state index is 12.1. The Morgan fingerprint density at radius 3 is 2.68 bits per heavy atom. The van der Waals surface area contributed by atoms with Crippen LogP contribution in [0, 0.1) is 0 Å². The molecular formula is C12H14Cl2N2O3. The predicted octanol–water partition coefficient (Wildman–Crippen LogP) is 2.34. The number of nitrogens with zero attached hydrogens (tertiary/aromatic N) is 2. The number of carbonyl (C=O) groups is 1. The molecule has 0 N–H and O–H groups in total. The van der Waals surface area contributed by atoms with Crippen LogP contribution in [-0.4, -0.2) is 22.1 Å². The van der Waals surface area contributed by atoms with Gasteiger partial charge in [0.05, 0.1) is 12.3 Å². The minimum absolute atomic E-state index is 0.154. The number of hydrogen-bond acceptors (Lipinski definition) is 4. The number of fused-ring (bicyclic) bond motifs is 1. The molecule has 0 fully saturated rings. The molecule has 0 aromatic carbocycles. The third-order valence-corrected chi connectivity index (χ3v) is 3.75. The fourth-order valence-corrected chi connectivity index (χ4v) is 3.14. The molecule has 1 aliphatic heterocycles. The fraction of sp³-hybridized carbons (Fsp3) is 0.583. The van der Waals surface area contributed by atoms with E-state index in [0.29, 0.717) is 12.1 Å². The Morgan fingerprint density at radius 1 is 1.47 bits per heavy atom. The molecule has 0 unspecified atom stereocenters. The Kier molecular flexibility index (Phi) is 3.62. The Balaban J connectivity index is 2.66. The molecule has 1 atom stereocenters. The SMILES string of the molecule is CCOC(=O)[C@@H]1CC(C)(C)c2c(Cl)nc(Cl)c(=O)n21. The molecule has 1 aromatic heterocycles. The van der Waals surface area contributed by atoms with Crippen LogP contribution < -0.4 is 5.56 Å². The van der Waals surface area contributed by atoms with E-state index in [9.17, 15) is 9.59 Å². The van der Waals surface area contributed by atoms with Crippen molar-refractivity contribution in [3.05, 3.63) is 26.4 Å². The van der Waals surface area contributed by atoms with Crippen molar-refractivity contribution in [1.29, 1.82) is 0 Å². The van der Waals surface area contributed by atoms with Crippen molar-refractivity contribution in [3.63, 3.8) is 0 Å². The fourth-order valence-electron chi connectivity index (χ4n) is 2.49. The highest BCUT2D eigenvalue weighted by atomic mass is 35.5. The molecule has 0 aliphatic carbocycles. The first-order chi connectivity index (χ1) is 8.79. The van der Waals surface area contributed by atoms with Crippen LogP contribution in [0.5, 0.6) is 0 Å². The molecule has 1 aromatic rings. The van der Waals surface area contributed by atoms with Crippen LogP contribution >= 0.6 is 23.2 Å². The molecule has 0 spiro atoms. The molecule has 2 rings (SSSR count). The first-order valence-corrected chi connectivity index (χ1v) is 6.70. The van der Waals surface area contributed by atoms with E-state index < -0.39 is 23.0 Å². The van der Waals surface area contributed by atoms with E-state index in [4.69, 9.17) is 27.9 Å². The summed E-state index contributed by atoms with van der Waals surface area (Å²) in [6, 6.07) is -0.699. The minimum Gasteiger partial charge on any atom is -0.464 e. The second-order valence-corrected chi connectivity index (χ2v) is 5.79. The van der Waals surface area contributed by atoms with Gasteiger partial charge in [-0.2, -0.15) is 0 Å². The highest BCUT2D eigenvalue weighted by Crippen LogP contribution is 2.43. The lowest BCUT2D eigenvalue weighted by Crippen LogP contribution is -2.30. The topological polar surface area (TPSA) is 61.2 Å². The van der Waals surface area contributed by atoms with E-state index in [1.54, 1.807) is 6.92 Å². The number of halogens is 2. The predicted molar refractivity (Wildman–Crippen MR) is 71.8 cm³/mol. The quantitative estimate of drug-likeness (QED) is 0.787. The summed E-state index contributed by atoms with van der Waals surface area (Å²) >= 11 is 11.8. The molecule has 1 aliphatic rings. The van der Waals surface area contributed by atoms with Gasteiger partial charge in [0.25, 0.3) is 5.56 Å². The average Bonchev–Trinajstić information content (AvgIpc) is 2.59. The summed E-state index contributed by atoms with van der Waals surface area (Å²) < 4.78 is 6.32. The van der Waals surface area contributed by atoms with Crippen LogP contribution in [0.25, 0.3) is 0 Å². The van der Waals surface area contributed by atoms with Crippen molar-refractivity contribution in [1.82, 2.24) is 9.55 Å². The van der Waals surface area contributed by atoms with Gasteiger partial charge >= 0.3 is 5.97 Å². The highest BCUT2D eigenvalue weighted by Gasteiger charge is 2.44. The summed E-state index contributed by atoms with van der Waals surface area (Å²) in [7, 11) is 0. The maximum atomic E-state index is 12.1. The summed E-state index contributed by atoms with van der Waals surface area (Å²) in [4.78, 5) is 27.9. The Morgan fingerprint density at radius 2 is 2.11 bits per heavy atom. The lowest BCUT2D eigenvalue weighted by Gasteiger charge is -2.18. The van der Waals surface area contributed by atoms with Crippen LogP contribution in [0.4, 0.5) is 0 Å². The van der Waals surface area contributed by atoms with Gasteiger partial charge in [-0.25, -0.2) is 9.78 Å². The molecule has 0 radical (unpaired) electrons. The van der Waals surface area contributed by atoms with Crippen LogP contribution in [0.3, 0.4) is 0 Å². The van der Waals surface area contributed by atoms with Crippen molar-refractivity contribution < 1.29 is 9.53 Å². The van der Waals surface area contributed by atoms with E-state index >= 15 is 0 Å². The summed E-state index contributed by atoms with van der Waals surface area (Å²) in [5, 5.41) is -0.0813. The van der Waals surface area contributed by atoms with Gasteiger partial charge in [-0.3, -0.25) is 9.36 Å². The number of ether oxygens (including phenoxy) is 1. The van der Waals surface area contributed by atoms with Crippen molar-refractivity contribution in [2.45, 2.75) is 38.6 Å². The second kappa shape index (κ2) is 4.80. The molecule has 104 valence electrons. The van der Waals surface area contributed by atoms with Gasteiger partial charge in [-0.1, -0.05) is 37.0 Å². The summed E-state index contributed by atoms with van der Waals surface area (Å²) in [6.07, 6.45) is 0.433. The molecule has 19 heavy (non-hydrogen) atoms. The van der Waals surface area contributed by atoms with Crippen molar-refractivity contribution in [3.8, 4) is 0 Å². The molecular weight excluding hydrogens is 291 g/mol. The number of aromatic nitrogens is 2. The van der Waals surface area contributed by atoms with Crippen molar-refractivity contribution in [2.75, 3.05) is 6.61 Å². The molecule has 0 bridgehead atoms. The maximum Gasteiger partial charge on any atom is 0.329 e. The molecule has 2 heterocycles. The third kappa shape index (κ3) is 2.25. The Labute approximate surface area is 120 Å². The summed E-state index contributed by atoms with van der Waals surface area (Å²) in [5.41, 5.74) is -0.419. The zero-order valence-electron chi connectivity index (χ0n) is 10.9. The summed E-state index contributed by atoms with van der Waals surface area (Å²) in [6.45, 7) is 5.78.